The Balaban J connectivity index is 2.14. The molecule has 4 nitrogen and oxygen atoms in total. The van der Waals surface area contributed by atoms with E-state index in [0.29, 0.717) is 13.0 Å². The SMILES string of the molecule is CCC(O)c1ccccc1OCc1cc(C)nn1CC. The van der Waals surface area contributed by atoms with Crippen LogP contribution in [0.1, 0.15) is 43.3 Å². The van der Waals surface area contributed by atoms with E-state index in [4.69, 9.17) is 4.74 Å². The predicted molar refractivity (Wildman–Crippen MR) is 78.7 cm³/mol. The van der Waals surface area contributed by atoms with Crippen molar-refractivity contribution in [1.82, 2.24) is 9.78 Å². The summed E-state index contributed by atoms with van der Waals surface area (Å²) in [5, 5.41) is 14.4. The molecule has 2 rings (SSSR count). The Hall–Kier alpha value is -1.81. The van der Waals surface area contributed by atoms with Crippen molar-refractivity contribution in [2.24, 2.45) is 0 Å². The Morgan fingerprint density at radius 2 is 2.05 bits per heavy atom. The molecule has 0 aliphatic carbocycles. The van der Waals surface area contributed by atoms with Gasteiger partial charge in [0.15, 0.2) is 0 Å². The van der Waals surface area contributed by atoms with Crippen molar-refractivity contribution in [2.45, 2.75) is 46.4 Å². The largest absolute Gasteiger partial charge is 0.487 e. The Kier molecular flexibility index (Phi) is 4.79. The molecule has 0 saturated carbocycles. The maximum absolute atomic E-state index is 10.0. The molecule has 0 bridgehead atoms. The molecular weight excluding hydrogens is 252 g/mol. The summed E-state index contributed by atoms with van der Waals surface area (Å²) in [6.45, 7) is 7.28. The second kappa shape index (κ2) is 6.57. The fourth-order valence-corrected chi connectivity index (χ4v) is 2.25. The lowest BCUT2D eigenvalue weighted by atomic mass is 10.1. The normalized spacial score (nSPS) is 12.4. The first-order valence-corrected chi connectivity index (χ1v) is 7.08. The fourth-order valence-electron chi connectivity index (χ4n) is 2.25. The third-order valence-corrected chi connectivity index (χ3v) is 3.33. The highest BCUT2D eigenvalue weighted by atomic mass is 16.5. The minimum Gasteiger partial charge on any atom is -0.487 e. The van der Waals surface area contributed by atoms with Crippen LogP contribution < -0.4 is 4.74 Å². The molecule has 1 N–H and O–H groups in total. The molecule has 108 valence electrons. The van der Waals surface area contributed by atoms with Crippen LogP contribution in [0.4, 0.5) is 0 Å². The quantitative estimate of drug-likeness (QED) is 0.879. The number of ether oxygens (including phenoxy) is 1. The molecule has 1 aromatic heterocycles. The molecule has 0 amide bonds. The lowest BCUT2D eigenvalue weighted by molar-refractivity contribution is 0.166. The molecule has 0 aliphatic heterocycles. The summed E-state index contributed by atoms with van der Waals surface area (Å²) in [5.41, 5.74) is 2.88. The zero-order valence-electron chi connectivity index (χ0n) is 12.3. The summed E-state index contributed by atoms with van der Waals surface area (Å²) >= 11 is 0. The zero-order chi connectivity index (χ0) is 14.5. The van der Waals surface area contributed by atoms with Crippen LogP contribution in [0.25, 0.3) is 0 Å². The van der Waals surface area contributed by atoms with Gasteiger partial charge in [-0.25, -0.2) is 0 Å². The van der Waals surface area contributed by atoms with Crippen LogP contribution in [0.3, 0.4) is 0 Å². The number of aromatic nitrogens is 2. The van der Waals surface area contributed by atoms with E-state index in [1.165, 1.54) is 0 Å². The molecule has 1 heterocycles. The van der Waals surface area contributed by atoms with Gasteiger partial charge in [-0.1, -0.05) is 25.1 Å². The molecule has 1 atom stereocenters. The average Bonchev–Trinajstić information content (AvgIpc) is 2.84. The standard InChI is InChI=1S/C16H22N2O2/c1-4-15(19)14-8-6-7-9-16(14)20-11-13-10-12(3)17-18(13)5-2/h6-10,15,19H,4-5,11H2,1-3H3. The molecule has 0 spiro atoms. The van der Waals surface area contributed by atoms with E-state index in [2.05, 4.69) is 12.0 Å². The molecule has 0 radical (unpaired) electrons. The predicted octanol–water partition coefficient (Wildman–Crippen LogP) is 3.23. The van der Waals surface area contributed by atoms with Gasteiger partial charge in [-0.05, 0) is 32.4 Å². The number of hydrogen-bond donors (Lipinski definition) is 1. The van der Waals surface area contributed by atoms with E-state index < -0.39 is 6.10 Å². The Labute approximate surface area is 120 Å². The van der Waals surface area contributed by atoms with Crippen molar-refractivity contribution in [1.29, 1.82) is 0 Å². The van der Waals surface area contributed by atoms with E-state index in [0.717, 1.165) is 29.2 Å². The van der Waals surface area contributed by atoms with E-state index >= 15 is 0 Å². The third-order valence-electron chi connectivity index (χ3n) is 3.33. The second-order valence-corrected chi connectivity index (χ2v) is 4.84. The molecule has 0 saturated heterocycles. The van der Waals surface area contributed by atoms with Gasteiger partial charge in [0, 0.05) is 12.1 Å². The van der Waals surface area contributed by atoms with Crippen LogP contribution in [-0.2, 0) is 13.2 Å². The van der Waals surface area contributed by atoms with Gasteiger partial charge in [-0.2, -0.15) is 5.10 Å². The summed E-state index contributed by atoms with van der Waals surface area (Å²) in [6, 6.07) is 9.67. The number of aliphatic hydroxyl groups is 1. The summed E-state index contributed by atoms with van der Waals surface area (Å²) in [7, 11) is 0. The number of rotatable bonds is 6. The molecule has 1 unspecified atom stereocenters. The first-order chi connectivity index (χ1) is 9.65. The highest BCUT2D eigenvalue weighted by molar-refractivity contribution is 5.35. The first kappa shape index (κ1) is 14.6. The number of hydrogen-bond acceptors (Lipinski definition) is 3. The van der Waals surface area contributed by atoms with Gasteiger partial charge < -0.3 is 9.84 Å². The molecule has 1 aromatic carbocycles. The highest BCUT2D eigenvalue weighted by Gasteiger charge is 2.12. The van der Waals surface area contributed by atoms with Gasteiger partial charge >= 0.3 is 0 Å². The highest BCUT2D eigenvalue weighted by Crippen LogP contribution is 2.27. The second-order valence-electron chi connectivity index (χ2n) is 4.84. The van der Waals surface area contributed by atoms with Crippen LogP contribution in [0.5, 0.6) is 5.75 Å². The van der Waals surface area contributed by atoms with E-state index in [1.807, 2.05) is 48.9 Å². The molecule has 0 fully saturated rings. The number of nitrogens with zero attached hydrogens (tertiary/aromatic N) is 2. The van der Waals surface area contributed by atoms with E-state index in [9.17, 15) is 5.11 Å². The summed E-state index contributed by atoms with van der Waals surface area (Å²) in [6.07, 6.45) is 0.191. The van der Waals surface area contributed by atoms with Gasteiger partial charge in [0.05, 0.1) is 17.5 Å². The Morgan fingerprint density at radius 3 is 2.75 bits per heavy atom. The Morgan fingerprint density at radius 1 is 1.30 bits per heavy atom. The number of aliphatic hydroxyl groups excluding tert-OH is 1. The van der Waals surface area contributed by atoms with Crippen molar-refractivity contribution in [2.75, 3.05) is 0 Å². The van der Waals surface area contributed by atoms with E-state index in [1.54, 1.807) is 0 Å². The summed E-state index contributed by atoms with van der Waals surface area (Å²) in [4.78, 5) is 0. The van der Waals surface area contributed by atoms with Gasteiger partial charge in [-0.15, -0.1) is 0 Å². The molecule has 4 heteroatoms. The maximum Gasteiger partial charge on any atom is 0.130 e. The van der Waals surface area contributed by atoms with Gasteiger partial charge in [0.25, 0.3) is 0 Å². The monoisotopic (exact) mass is 274 g/mol. The summed E-state index contributed by atoms with van der Waals surface area (Å²) < 4.78 is 7.82. The van der Waals surface area contributed by atoms with Crippen LogP contribution in [0.2, 0.25) is 0 Å². The van der Waals surface area contributed by atoms with Crippen LogP contribution in [-0.4, -0.2) is 14.9 Å². The molecular formula is C16H22N2O2. The lowest BCUT2D eigenvalue weighted by Crippen LogP contribution is -2.07. The number of para-hydroxylation sites is 1. The maximum atomic E-state index is 10.0. The number of benzene rings is 1. The van der Waals surface area contributed by atoms with Crippen LogP contribution >= 0.6 is 0 Å². The smallest absolute Gasteiger partial charge is 0.130 e. The van der Waals surface area contributed by atoms with Crippen LogP contribution in [0, 0.1) is 6.92 Å². The molecule has 2 aromatic rings. The van der Waals surface area contributed by atoms with E-state index in [-0.39, 0.29) is 0 Å². The average molecular weight is 274 g/mol. The lowest BCUT2D eigenvalue weighted by Gasteiger charge is -2.15. The number of aryl methyl sites for hydroxylation is 2. The van der Waals surface area contributed by atoms with Gasteiger partial charge in [0.1, 0.15) is 12.4 Å². The van der Waals surface area contributed by atoms with Crippen molar-refractivity contribution in [3.8, 4) is 5.75 Å². The van der Waals surface area contributed by atoms with Crippen molar-refractivity contribution >= 4 is 0 Å². The third kappa shape index (κ3) is 3.20. The minimum atomic E-state index is -0.482. The first-order valence-electron chi connectivity index (χ1n) is 7.08. The van der Waals surface area contributed by atoms with Crippen molar-refractivity contribution < 1.29 is 9.84 Å². The molecule has 20 heavy (non-hydrogen) atoms. The van der Waals surface area contributed by atoms with Crippen molar-refractivity contribution in [3.05, 3.63) is 47.3 Å². The van der Waals surface area contributed by atoms with Crippen molar-refractivity contribution in [3.63, 3.8) is 0 Å². The van der Waals surface area contributed by atoms with Crippen LogP contribution in [0.15, 0.2) is 30.3 Å². The summed E-state index contributed by atoms with van der Waals surface area (Å²) in [5.74, 6) is 0.739. The fraction of sp³-hybridized carbons (Fsp3) is 0.438. The van der Waals surface area contributed by atoms with Gasteiger partial charge in [0.2, 0.25) is 0 Å². The molecule has 0 aliphatic rings. The van der Waals surface area contributed by atoms with Gasteiger partial charge in [-0.3, -0.25) is 4.68 Å². The zero-order valence-corrected chi connectivity index (χ0v) is 12.3. The minimum absolute atomic E-state index is 0.460. The topological polar surface area (TPSA) is 47.3 Å². The Bertz CT molecular complexity index is 563.